The molecule has 0 N–H and O–H groups in total. The summed E-state index contributed by atoms with van der Waals surface area (Å²) in [6.45, 7) is 2.71. The Morgan fingerprint density at radius 2 is 2.29 bits per heavy atom. The molecule has 0 bridgehead atoms. The topological polar surface area (TPSA) is 60.0 Å². The monoisotopic (exact) mass is 343 g/mol. The molecule has 6 nitrogen and oxygen atoms in total. The van der Waals surface area contributed by atoms with E-state index in [1.165, 1.54) is 12.8 Å². The number of hydrogen-bond donors (Lipinski definition) is 0. The molecule has 0 spiro atoms. The van der Waals surface area contributed by atoms with Crippen LogP contribution in [-0.2, 0) is 13.1 Å². The third-order valence-electron chi connectivity index (χ3n) is 4.35. The quantitative estimate of drug-likeness (QED) is 0.711. The molecular formula is C17H18ClN5O. The second kappa shape index (κ2) is 6.75. The Labute approximate surface area is 145 Å². The van der Waals surface area contributed by atoms with Crippen molar-refractivity contribution in [3.63, 3.8) is 0 Å². The maximum Gasteiger partial charge on any atom is 0.226 e. The molecule has 1 saturated heterocycles. The van der Waals surface area contributed by atoms with Crippen molar-refractivity contribution in [2.75, 3.05) is 6.54 Å². The van der Waals surface area contributed by atoms with E-state index < -0.39 is 0 Å². The molecular weight excluding hydrogens is 326 g/mol. The summed E-state index contributed by atoms with van der Waals surface area (Å²) in [5, 5.41) is 4.89. The lowest BCUT2D eigenvalue weighted by molar-refractivity contribution is 0.216. The molecule has 7 heteroatoms. The molecule has 1 atom stereocenters. The zero-order valence-electron chi connectivity index (χ0n) is 13.2. The summed E-state index contributed by atoms with van der Waals surface area (Å²) in [6, 6.07) is 8.01. The van der Waals surface area contributed by atoms with Gasteiger partial charge in [-0.3, -0.25) is 9.58 Å². The standard InChI is InChI=1S/C17H18ClN5O/c18-14-4-1-3-13(7-14)17-21-15(10-24-17)8-22-6-2-5-16(22)9-23-12-19-11-20-23/h1,3-4,7,10-12,16H,2,5-6,8-9H2/t16-/m0/s1. The van der Waals surface area contributed by atoms with Gasteiger partial charge in [0.1, 0.15) is 18.9 Å². The van der Waals surface area contributed by atoms with E-state index in [4.69, 9.17) is 16.0 Å². The minimum Gasteiger partial charge on any atom is -0.444 e. The summed E-state index contributed by atoms with van der Waals surface area (Å²) in [6.07, 6.45) is 7.44. The molecule has 1 aliphatic rings. The van der Waals surface area contributed by atoms with Crippen molar-refractivity contribution in [3.05, 3.63) is 53.9 Å². The van der Waals surface area contributed by atoms with Gasteiger partial charge in [-0.25, -0.2) is 9.97 Å². The molecule has 3 aromatic rings. The van der Waals surface area contributed by atoms with Crippen LogP contribution in [0.2, 0.25) is 5.02 Å². The zero-order valence-corrected chi connectivity index (χ0v) is 13.9. The van der Waals surface area contributed by atoms with Crippen LogP contribution in [0.15, 0.2) is 47.6 Å². The number of likely N-dealkylation sites (tertiary alicyclic amines) is 1. The van der Waals surface area contributed by atoms with Crippen molar-refractivity contribution < 1.29 is 4.42 Å². The predicted molar refractivity (Wildman–Crippen MR) is 90.4 cm³/mol. The number of rotatable bonds is 5. The fourth-order valence-electron chi connectivity index (χ4n) is 3.19. The maximum atomic E-state index is 6.03. The summed E-state index contributed by atoms with van der Waals surface area (Å²) in [5.41, 5.74) is 1.84. The van der Waals surface area contributed by atoms with E-state index >= 15 is 0 Å². The molecule has 2 aromatic heterocycles. The van der Waals surface area contributed by atoms with Crippen molar-refractivity contribution in [2.45, 2.75) is 32.0 Å². The third-order valence-corrected chi connectivity index (χ3v) is 4.59. The third kappa shape index (κ3) is 3.34. The van der Waals surface area contributed by atoms with E-state index in [9.17, 15) is 0 Å². The van der Waals surface area contributed by atoms with Gasteiger partial charge in [-0.15, -0.1) is 0 Å². The highest BCUT2D eigenvalue weighted by molar-refractivity contribution is 6.30. The minimum atomic E-state index is 0.456. The van der Waals surface area contributed by atoms with Crippen molar-refractivity contribution in [1.29, 1.82) is 0 Å². The molecule has 4 rings (SSSR count). The van der Waals surface area contributed by atoms with Crippen LogP contribution in [0.25, 0.3) is 11.5 Å². The first-order valence-electron chi connectivity index (χ1n) is 8.05. The molecule has 0 radical (unpaired) electrons. The van der Waals surface area contributed by atoms with Crippen LogP contribution in [0.5, 0.6) is 0 Å². The fourth-order valence-corrected chi connectivity index (χ4v) is 3.39. The Bertz CT molecular complexity index is 801. The van der Waals surface area contributed by atoms with E-state index in [1.54, 1.807) is 18.9 Å². The minimum absolute atomic E-state index is 0.456. The van der Waals surface area contributed by atoms with E-state index in [0.717, 1.165) is 30.9 Å². The van der Waals surface area contributed by atoms with Crippen LogP contribution in [0.3, 0.4) is 0 Å². The van der Waals surface area contributed by atoms with Gasteiger partial charge in [0.15, 0.2) is 0 Å². The van der Waals surface area contributed by atoms with Gasteiger partial charge in [-0.05, 0) is 37.6 Å². The Morgan fingerprint density at radius 3 is 3.12 bits per heavy atom. The average molecular weight is 344 g/mol. The summed E-state index contributed by atoms with van der Waals surface area (Å²) < 4.78 is 7.53. The van der Waals surface area contributed by atoms with E-state index in [0.29, 0.717) is 17.0 Å². The number of halogens is 1. The highest BCUT2D eigenvalue weighted by Gasteiger charge is 2.26. The molecule has 24 heavy (non-hydrogen) atoms. The van der Waals surface area contributed by atoms with E-state index in [1.807, 2.05) is 28.9 Å². The first-order valence-corrected chi connectivity index (χ1v) is 8.42. The van der Waals surface area contributed by atoms with Gasteiger partial charge in [-0.2, -0.15) is 5.10 Å². The molecule has 124 valence electrons. The normalized spacial score (nSPS) is 18.3. The molecule has 0 aliphatic carbocycles. The molecule has 1 aromatic carbocycles. The molecule has 0 unspecified atom stereocenters. The highest BCUT2D eigenvalue weighted by Crippen LogP contribution is 2.25. The summed E-state index contributed by atoms with van der Waals surface area (Å²) in [5.74, 6) is 0.611. The van der Waals surface area contributed by atoms with Crippen LogP contribution in [0.4, 0.5) is 0 Å². The van der Waals surface area contributed by atoms with Crippen molar-refractivity contribution >= 4 is 11.6 Å². The van der Waals surface area contributed by atoms with Crippen LogP contribution < -0.4 is 0 Å². The molecule has 1 aliphatic heterocycles. The van der Waals surface area contributed by atoms with Gasteiger partial charge in [0.25, 0.3) is 0 Å². The maximum absolute atomic E-state index is 6.03. The Kier molecular flexibility index (Phi) is 4.32. The fraction of sp³-hybridized carbons (Fsp3) is 0.353. The highest BCUT2D eigenvalue weighted by atomic mass is 35.5. The number of benzene rings is 1. The Balaban J connectivity index is 1.45. The van der Waals surface area contributed by atoms with Crippen LogP contribution >= 0.6 is 11.6 Å². The van der Waals surface area contributed by atoms with Gasteiger partial charge in [-0.1, -0.05) is 17.7 Å². The van der Waals surface area contributed by atoms with Gasteiger partial charge in [0, 0.05) is 23.2 Å². The SMILES string of the molecule is Clc1cccc(-c2nc(CN3CCC[C@H]3Cn3cncn3)co2)c1. The summed E-state index contributed by atoms with van der Waals surface area (Å²) >= 11 is 6.03. The van der Waals surface area contributed by atoms with Crippen molar-refractivity contribution in [1.82, 2.24) is 24.6 Å². The number of oxazole rings is 1. The molecule has 3 heterocycles. The summed E-state index contributed by atoms with van der Waals surface area (Å²) in [7, 11) is 0. The van der Waals surface area contributed by atoms with E-state index in [2.05, 4.69) is 20.0 Å². The Hall–Kier alpha value is -2.18. The van der Waals surface area contributed by atoms with Crippen molar-refractivity contribution in [3.8, 4) is 11.5 Å². The van der Waals surface area contributed by atoms with Gasteiger partial charge < -0.3 is 4.42 Å². The first kappa shape index (κ1) is 15.4. The van der Waals surface area contributed by atoms with Crippen LogP contribution in [-0.4, -0.2) is 37.2 Å². The summed E-state index contributed by atoms with van der Waals surface area (Å²) in [4.78, 5) is 11.1. The van der Waals surface area contributed by atoms with E-state index in [-0.39, 0.29) is 0 Å². The first-order chi connectivity index (χ1) is 11.8. The van der Waals surface area contributed by atoms with Gasteiger partial charge >= 0.3 is 0 Å². The second-order valence-corrected chi connectivity index (χ2v) is 6.47. The number of hydrogen-bond acceptors (Lipinski definition) is 5. The number of nitrogens with zero attached hydrogens (tertiary/aromatic N) is 5. The Morgan fingerprint density at radius 1 is 1.33 bits per heavy atom. The lowest BCUT2D eigenvalue weighted by atomic mass is 10.2. The van der Waals surface area contributed by atoms with Gasteiger partial charge in [0.05, 0.1) is 12.2 Å². The zero-order chi connectivity index (χ0) is 16.4. The molecule has 0 saturated carbocycles. The lowest BCUT2D eigenvalue weighted by Crippen LogP contribution is -2.32. The number of aromatic nitrogens is 4. The van der Waals surface area contributed by atoms with Crippen LogP contribution in [0, 0.1) is 0 Å². The van der Waals surface area contributed by atoms with Gasteiger partial charge in [0.2, 0.25) is 5.89 Å². The second-order valence-electron chi connectivity index (χ2n) is 6.04. The molecule has 1 fully saturated rings. The van der Waals surface area contributed by atoms with Crippen molar-refractivity contribution in [2.24, 2.45) is 0 Å². The average Bonchev–Trinajstić information content (AvgIpc) is 3.32. The smallest absolute Gasteiger partial charge is 0.226 e. The largest absolute Gasteiger partial charge is 0.444 e. The lowest BCUT2D eigenvalue weighted by Gasteiger charge is -2.23. The van der Waals surface area contributed by atoms with Crippen LogP contribution in [0.1, 0.15) is 18.5 Å². The molecule has 0 amide bonds. The predicted octanol–water partition coefficient (Wildman–Crippen LogP) is 3.25.